The minimum absolute atomic E-state index is 0.0681. The van der Waals surface area contributed by atoms with Crippen LogP contribution in [-0.4, -0.2) is 17.6 Å². The zero-order chi connectivity index (χ0) is 19.6. The summed E-state index contributed by atoms with van der Waals surface area (Å²) in [7, 11) is 1.39. The number of pyridine rings is 1. The summed E-state index contributed by atoms with van der Waals surface area (Å²) < 4.78 is 44.7. The topological polar surface area (TPSA) is 60.3 Å². The first-order valence-electron chi connectivity index (χ1n) is 8.56. The van der Waals surface area contributed by atoms with Crippen LogP contribution < -0.4 is 15.6 Å². The highest BCUT2D eigenvalue weighted by molar-refractivity contribution is 5.98. The van der Waals surface area contributed by atoms with Gasteiger partial charge in [-0.15, -0.1) is 0 Å². The van der Waals surface area contributed by atoms with Crippen LogP contribution in [0.15, 0.2) is 35.1 Å². The molecule has 1 amide bonds. The number of alkyl halides is 3. The molecule has 0 bridgehead atoms. The number of hydrogen-bond acceptors (Lipinski definition) is 3. The zero-order valence-corrected chi connectivity index (χ0v) is 14.7. The largest absolute Gasteiger partial charge is 0.496 e. The van der Waals surface area contributed by atoms with Crippen LogP contribution in [0.3, 0.4) is 0 Å². The van der Waals surface area contributed by atoms with Crippen molar-refractivity contribution in [2.75, 3.05) is 7.11 Å². The molecule has 0 atom stereocenters. The predicted octanol–water partition coefficient (Wildman–Crippen LogP) is 3.14. The van der Waals surface area contributed by atoms with E-state index in [1.807, 2.05) is 0 Å². The normalized spacial score (nSPS) is 13.8. The van der Waals surface area contributed by atoms with E-state index in [2.05, 4.69) is 5.32 Å². The highest BCUT2D eigenvalue weighted by Crippen LogP contribution is 2.29. The Kier molecular flexibility index (Phi) is 5.25. The smallest absolute Gasteiger partial charge is 0.416 e. The monoisotopic (exact) mass is 380 g/mol. The van der Waals surface area contributed by atoms with Gasteiger partial charge in [0.25, 0.3) is 11.5 Å². The SMILES string of the molecule is COc1cc(=O)n2c(c1C(=O)NCc1ccc(C(F)(F)F)cc1)CCCC2. The molecule has 3 rings (SSSR count). The lowest BCUT2D eigenvalue weighted by Gasteiger charge is -2.22. The van der Waals surface area contributed by atoms with Gasteiger partial charge in [-0.2, -0.15) is 13.2 Å². The average molecular weight is 380 g/mol. The molecule has 0 saturated heterocycles. The van der Waals surface area contributed by atoms with E-state index in [1.165, 1.54) is 25.3 Å². The van der Waals surface area contributed by atoms with Gasteiger partial charge < -0.3 is 14.6 Å². The van der Waals surface area contributed by atoms with Crippen LogP contribution in [0, 0.1) is 0 Å². The van der Waals surface area contributed by atoms with Gasteiger partial charge >= 0.3 is 6.18 Å². The molecule has 8 heteroatoms. The van der Waals surface area contributed by atoms with Crippen molar-refractivity contribution >= 4 is 5.91 Å². The van der Waals surface area contributed by atoms with Gasteiger partial charge in [0.05, 0.1) is 12.7 Å². The minimum Gasteiger partial charge on any atom is -0.496 e. The Balaban J connectivity index is 1.81. The number of benzene rings is 1. The molecule has 0 aliphatic carbocycles. The molecular formula is C19H19F3N2O3. The molecule has 27 heavy (non-hydrogen) atoms. The summed E-state index contributed by atoms with van der Waals surface area (Å²) in [6.07, 6.45) is -2.07. The number of nitrogens with zero attached hydrogens (tertiary/aromatic N) is 1. The van der Waals surface area contributed by atoms with Crippen LogP contribution in [-0.2, 0) is 25.7 Å². The fourth-order valence-corrected chi connectivity index (χ4v) is 3.23. The zero-order valence-electron chi connectivity index (χ0n) is 14.7. The second kappa shape index (κ2) is 7.46. The van der Waals surface area contributed by atoms with Crippen LogP contribution >= 0.6 is 0 Å². The molecule has 0 fully saturated rings. The third-order valence-electron chi connectivity index (χ3n) is 4.61. The quantitative estimate of drug-likeness (QED) is 0.887. The van der Waals surface area contributed by atoms with Crippen molar-refractivity contribution in [2.45, 2.75) is 38.5 Å². The highest BCUT2D eigenvalue weighted by Gasteiger charge is 2.30. The maximum absolute atomic E-state index is 12.7. The Morgan fingerprint density at radius 1 is 1.22 bits per heavy atom. The third-order valence-corrected chi connectivity index (χ3v) is 4.61. The summed E-state index contributed by atoms with van der Waals surface area (Å²) in [6.45, 7) is 0.621. The van der Waals surface area contributed by atoms with E-state index in [4.69, 9.17) is 4.74 Å². The molecule has 5 nitrogen and oxygen atoms in total. The number of fused-ring (bicyclic) bond motifs is 1. The number of rotatable bonds is 4. The maximum atomic E-state index is 12.7. The second-order valence-corrected chi connectivity index (χ2v) is 6.36. The number of ether oxygens (including phenoxy) is 1. The van der Waals surface area contributed by atoms with Crippen LogP contribution in [0.5, 0.6) is 5.75 Å². The van der Waals surface area contributed by atoms with Gasteiger partial charge in [-0.25, -0.2) is 0 Å². The Morgan fingerprint density at radius 2 is 1.93 bits per heavy atom. The highest BCUT2D eigenvalue weighted by atomic mass is 19.4. The fraction of sp³-hybridized carbons (Fsp3) is 0.368. The molecular weight excluding hydrogens is 361 g/mol. The van der Waals surface area contributed by atoms with Crippen molar-refractivity contribution in [3.63, 3.8) is 0 Å². The lowest BCUT2D eigenvalue weighted by atomic mass is 10.0. The van der Waals surface area contributed by atoms with Crippen molar-refractivity contribution in [3.05, 3.63) is 63.1 Å². The molecule has 1 aliphatic heterocycles. The van der Waals surface area contributed by atoms with Gasteiger partial charge in [0.2, 0.25) is 0 Å². The minimum atomic E-state index is -4.40. The van der Waals surface area contributed by atoms with Crippen molar-refractivity contribution in [2.24, 2.45) is 0 Å². The first-order valence-corrected chi connectivity index (χ1v) is 8.56. The summed E-state index contributed by atoms with van der Waals surface area (Å²) in [5.74, 6) is -0.213. The predicted molar refractivity (Wildman–Crippen MR) is 92.8 cm³/mol. The number of nitrogens with one attached hydrogen (secondary N) is 1. The molecule has 0 spiro atoms. The second-order valence-electron chi connectivity index (χ2n) is 6.36. The van der Waals surface area contributed by atoms with Crippen LogP contribution in [0.4, 0.5) is 13.2 Å². The Morgan fingerprint density at radius 3 is 2.56 bits per heavy atom. The van der Waals surface area contributed by atoms with E-state index >= 15 is 0 Å². The van der Waals surface area contributed by atoms with Crippen molar-refractivity contribution in [3.8, 4) is 5.75 Å². The lowest BCUT2D eigenvalue weighted by Crippen LogP contribution is -2.32. The summed E-state index contributed by atoms with van der Waals surface area (Å²) in [4.78, 5) is 24.9. The number of carbonyl (C=O) groups is 1. The van der Waals surface area contributed by atoms with E-state index in [9.17, 15) is 22.8 Å². The number of carbonyl (C=O) groups excluding carboxylic acids is 1. The molecule has 0 saturated carbocycles. The number of amides is 1. The Hall–Kier alpha value is -2.77. The fourth-order valence-electron chi connectivity index (χ4n) is 3.23. The summed E-state index contributed by atoms with van der Waals surface area (Å²) in [5.41, 5.74) is 0.535. The molecule has 144 valence electrons. The van der Waals surface area contributed by atoms with Gasteiger partial charge in [-0.05, 0) is 37.0 Å². The van der Waals surface area contributed by atoms with Crippen molar-refractivity contribution < 1.29 is 22.7 Å². The van der Waals surface area contributed by atoms with Crippen molar-refractivity contribution in [1.29, 1.82) is 0 Å². The number of halogens is 3. The molecule has 2 heterocycles. The van der Waals surface area contributed by atoms with E-state index in [-0.39, 0.29) is 17.9 Å². The maximum Gasteiger partial charge on any atom is 0.416 e. The van der Waals surface area contributed by atoms with Crippen LogP contribution in [0.2, 0.25) is 0 Å². The first kappa shape index (κ1) is 19.0. The molecule has 1 N–H and O–H groups in total. The molecule has 0 radical (unpaired) electrons. The number of aromatic nitrogens is 1. The van der Waals surface area contributed by atoms with Gasteiger partial charge in [-0.3, -0.25) is 9.59 Å². The first-order chi connectivity index (χ1) is 12.8. The van der Waals surface area contributed by atoms with E-state index in [0.717, 1.165) is 25.0 Å². The molecule has 1 aromatic heterocycles. The van der Waals surface area contributed by atoms with Gasteiger partial charge in [0.1, 0.15) is 11.3 Å². The van der Waals surface area contributed by atoms with Crippen LogP contribution in [0.25, 0.3) is 0 Å². The average Bonchev–Trinajstić information content (AvgIpc) is 2.65. The van der Waals surface area contributed by atoms with E-state index < -0.39 is 17.6 Å². The third kappa shape index (κ3) is 3.99. The summed E-state index contributed by atoms with van der Waals surface area (Å²) >= 11 is 0. The van der Waals surface area contributed by atoms with Crippen LogP contribution in [0.1, 0.15) is 40.0 Å². The summed E-state index contributed by atoms with van der Waals surface area (Å²) in [6, 6.07) is 5.90. The van der Waals surface area contributed by atoms with Gasteiger partial charge in [0, 0.05) is 24.8 Å². The Labute approximate surface area is 153 Å². The van der Waals surface area contributed by atoms with Crippen molar-refractivity contribution in [1.82, 2.24) is 9.88 Å². The van der Waals surface area contributed by atoms with E-state index in [0.29, 0.717) is 29.8 Å². The molecule has 1 aromatic carbocycles. The summed E-state index contributed by atoms with van der Waals surface area (Å²) in [5, 5.41) is 2.70. The van der Waals surface area contributed by atoms with E-state index in [1.54, 1.807) is 4.57 Å². The molecule has 0 unspecified atom stereocenters. The van der Waals surface area contributed by atoms with Gasteiger partial charge in [-0.1, -0.05) is 12.1 Å². The molecule has 2 aromatic rings. The number of hydrogen-bond donors (Lipinski definition) is 1. The number of methoxy groups -OCH3 is 1. The molecule has 1 aliphatic rings. The van der Waals surface area contributed by atoms with Gasteiger partial charge in [0.15, 0.2) is 0 Å². The Bertz CT molecular complexity index is 902. The standard InChI is InChI=1S/C19H19F3N2O3/c1-27-15-10-16(25)24-9-3-2-4-14(24)17(15)18(26)23-11-12-5-7-13(8-6-12)19(20,21)22/h5-8,10H,2-4,9,11H2,1H3,(H,23,26). The lowest BCUT2D eigenvalue weighted by molar-refractivity contribution is -0.137.